The quantitative estimate of drug-likeness (QED) is 0.837. The Labute approximate surface area is 108 Å². The van der Waals surface area contributed by atoms with Crippen LogP contribution in [-0.2, 0) is 11.3 Å². The maximum absolute atomic E-state index is 5.97. The maximum Gasteiger partial charge on any atom is 0.223 e. The number of aromatic nitrogens is 4. The second kappa shape index (κ2) is 4.45. The monoisotopic (exact) mass is 265 g/mol. The highest BCUT2D eigenvalue weighted by Crippen LogP contribution is 2.21. The van der Waals surface area contributed by atoms with E-state index in [1.165, 1.54) is 0 Å². The van der Waals surface area contributed by atoms with E-state index in [-0.39, 0.29) is 17.2 Å². The van der Waals surface area contributed by atoms with Gasteiger partial charge in [0, 0.05) is 0 Å². The number of imidazole rings is 1. The summed E-state index contributed by atoms with van der Waals surface area (Å²) in [6.45, 7) is 0.674. The van der Waals surface area contributed by atoms with Crippen molar-refractivity contribution in [3.8, 4) is 0 Å². The molecule has 94 valence electrons. The number of ether oxygens (including phenoxy) is 1. The zero-order chi connectivity index (χ0) is 12.5. The summed E-state index contributed by atoms with van der Waals surface area (Å²) in [7, 11) is 0. The fourth-order valence-corrected chi connectivity index (χ4v) is 2.22. The molecule has 18 heavy (non-hydrogen) atoms. The topological polar surface area (TPSA) is 78.8 Å². The first-order valence-corrected chi connectivity index (χ1v) is 6.06. The number of rotatable bonds is 2. The Kier molecular flexibility index (Phi) is 2.79. The lowest BCUT2D eigenvalue weighted by Crippen LogP contribution is -2.19. The van der Waals surface area contributed by atoms with Crippen molar-refractivity contribution in [2.45, 2.75) is 25.5 Å². The number of nitrogens with zero attached hydrogens (tertiary/aromatic N) is 4. The van der Waals surface area contributed by atoms with Gasteiger partial charge in [-0.1, -0.05) is 11.6 Å². The molecule has 3 heterocycles. The van der Waals surface area contributed by atoms with Gasteiger partial charge in [-0.15, -0.1) is 0 Å². The van der Waals surface area contributed by atoms with Crippen LogP contribution >= 0.6 is 11.6 Å². The Bertz CT molecular complexity index is 609. The van der Waals surface area contributed by atoms with Crippen LogP contribution in [0.4, 0.5) is 5.95 Å². The van der Waals surface area contributed by atoms with Gasteiger partial charge in [0.05, 0.1) is 19.1 Å². The predicted octanol–water partition coefficient (Wildman–Crippen LogP) is 1.75. The Morgan fingerprint density at radius 3 is 3.17 bits per heavy atom. The van der Waals surface area contributed by atoms with Crippen molar-refractivity contribution in [1.29, 1.82) is 0 Å². The van der Waals surface area contributed by atoms with Gasteiger partial charge in [0.2, 0.25) is 5.95 Å². The molecule has 6 nitrogen and oxygen atoms in total. The fourth-order valence-electron chi connectivity index (χ4n) is 2.00. The molecule has 2 N–H and O–H groups in total. The van der Waals surface area contributed by atoms with Gasteiger partial charge in [-0.2, -0.15) is 9.97 Å². The zero-order valence-electron chi connectivity index (χ0n) is 9.58. The van der Waals surface area contributed by atoms with E-state index < -0.39 is 0 Å². The predicted molar refractivity (Wildman–Crippen MR) is 68.0 cm³/mol. The van der Waals surface area contributed by atoms with Crippen molar-refractivity contribution < 1.29 is 4.74 Å². The van der Waals surface area contributed by atoms with Crippen molar-refractivity contribution in [1.82, 2.24) is 19.5 Å². The number of fused-ring (bicyclic) bond motifs is 1. The summed E-state index contributed by atoms with van der Waals surface area (Å²) in [6.07, 6.45) is 7.57. The molecule has 3 rings (SSSR count). The largest absolute Gasteiger partial charge is 0.496 e. The van der Waals surface area contributed by atoms with Crippen molar-refractivity contribution in [2.24, 2.45) is 0 Å². The minimum atomic E-state index is 0.127. The molecule has 1 aliphatic rings. The molecule has 1 aliphatic heterocycles. The smallest absolute Gasteiger partial charge is 0.223 e. The lowest BCUT2D eigenvalue weighted by Gasteiger charge is -2.19. The molecule has 7 heteroatoms. The number of nitrogen functional groups attached to an aromatic ring is 1. The fraction of sp³-hybridized carbons (Fsp3) is 0.364. The third-order valence-electron chi connectivity index (χ3n) is 2.86. The van der Waals surface area contributed by atoms with Crippen LogP contribution < -0.4 is 5.73 Å². The molecule has 1 atom stereocenters. The van der Waals surface area contributed by atoms with Crippen LogP contribution in [-0.4, -0.2) is 25.6 Å². The van der Waals surface area contributed by atoms with Crippen LogP contribution in [0.5, 0.6) is 0 Å². The third kappa shape index (κ3) is 1.99. The highest BCUT2D eigenvalue weighted by molar-refractivity contribution is 6.33. The first-order chi connectivity index (χ1) is 8.74. The van der Waals surface area contributed by atoms with Crippen molar-refractivity contribution in [2.75, 3.05) is 5.73 Å². The molecule has 0 saturated heterocycles. The molecule has 0 aliphatic carbocycles. The molecule has 2 aromatic heterocycles. The van der Waals surface area contributed by atoms with Crippen LogP contribution in [0.3, 0.4) is 0 Å². The maximum atomic E-state index is 5.97. The Morgan fingerprint density at radius 2 is 2.39 bits per heavy atom. The van der Waals surface area contributed by atoms with Crippen LogP contribution in [0, 0.1) is 0 Å². The van der Waals surface area contributed by atoms with Gasteiger partial charge in [0.25, 0.3) is 0 Å². The molecule has 0 bridgehead atoms. The minimum Gasteiger partial charge on any atom is -0.496 e. The Morgan fingerprint density at radius 1 is 1.50 bits per heavy atom. The van der Waals surface area contributed by atoms with Gasteiger partial charge in [0.1, 0.15) is 11.6 Å². The second-order valence-electron chi connectivity index (χ2n) is 4.15. The third-order valence-corrected chi connectivity index (χ3v) is 3.13. The van der Waals surface area contributed by atoms with Crippen molar-refractivity contribution in [3.05, 3.63) is 23.8 Å². The first-order valence-electron chi connectivity index (χ1n) is 5.68. The lowest BCUT2D eigenvalue weighted by atomic mass is 10.1. The van der Waals surface area contributed by atoms with Crippen LogP contribution in [0.25, 0.3) is 11.2 Å². The lowest BCUT2D eigenvalue weighted by molar-refractivity contribution is 0.108. The van der Waals surface area contributed by atoms with Crippen LogP contribution in [0.2, 0.25) is 5.15 Å². The van der Waals surface area contributed by atoms with E-state index in [1.54, 1.807) is 12.6 Å². The average molecular weight is 266 g/mol. The van der Waals surface area contributed by atoms with Gasteiger partial charge in [0.15, 0.2) is 10.8 Å². The van der Waals surface area contributed by atoms with Gasteiger partial charge >= 0.3 is 0 Å². The van der Waals surface area contributed by atoms with E-state index in [0.29, 0.717) is 17.7 Å². The average Bonchev–Trinajstić information content (AvgIpc) is 2.74. The van der Waals surface area contributed by atoms with E-state index in [0.717, 1.165) is 12.8 Å². The number of hydrogen-bond acceptors (Lipinski definition) is 5. The molecule has 2 aromatic rings. The molecule has 0 aromatic carbocycles. The zero-order valence-corrected chi connectivity index (χ0v) is 10.3. The summed E-state index contributed by atoms with van der Waals surface area (Å²) in [5, 5.41) is 0.278. The van der Waals surface area contributed by atoms with Gasteiger partial charge in [-0.25, -0.2) is 4.98 Å². The summed E-state index contributed by atoms with van der Waals surface area (Å²) in [5.74, 6) is 0.152. The van der Waals surface area contributed by atoms with Gasteiger partial charge in [-0.3, -0.25) is 0 Å². The van der Waals surface area contributed by atoms with Gasteiger partial charge in [-0.05, 0) is 18.9 Å². The molecular weight excluding hydrogens is 254 g/mol. The van der Waals surface area contributed by atoms with E-state index in [2.05, 4.69) is 15.0 Å². The SMILES string of the molecule is Nc1nc(Cl)c2ncn(CC3CCC=CO3)c2n1. The molecule has 0 radical (unpaired) electrons. The number of nitrogens with two attached hydrogens (primary N) is 1. The van der Waals surface area contributed by atoms with E-state index in [9.17, 15) is 0 Å². The highest BCUT2D eigenvalue weighted by atomic mass is 35.5. The summed E-state index contributed by atoms with van der Waals surface area (Å²) < 4.78 is 7.42. The van der Waals surface area contributed by atoms with E-state index in [1.807, 2.05) is 10.6 Å². The van der Waals surface area contributed by atoms with Crippen molar-refractivity contribution >= 4 is 28.7 Å². The summed E-state index contributed by atoms with van der Waals surface area (Å²) >= 11 is 5.97. The summed E-state index contributed by atoms with van der Waals surface area (Å²) in [6, 6.07) is 0. The number of anilines is 1. The molecule has 0 saturated carbocycles. The highest BCUT2D eigenvalue weighted by Gasteiger charge is 2.16. The Balaban J connectivity index is 1.94. The number of allylic oxidation sites excluding steroid dienone is 1. The number of halogens is 1. The van der Waals surface area contributed by atoms with Gasteiger partial charge < -0.3 is 15.0 Å². The van der Waals surface area contributed by atoms with Crippen molar-refractivity contribution in [3.63, 3.8) is 0 Å². The van der Waals surface area contributed by atoms with Crippen LogP contribution in [0.1, 0.15) is 12.8 Å². The normalized spacial score (nSPS) is 19.1. The summed E-state index contributed by atoms with van der Waals surface area (Å²) in [5.41, 5.74) is 6.81. The van der Waals surface area contributed by atoms with Crippen LogP contribution in [0.15, 0.2) is 18.7 Å². The number of hydrogen-bond donors (Lipinski definition) is 1. The second-order valence-corrected chi connectivity index (χ2v) is 4.51. The molecule has 0 spiro atoms. The van der Waals surface area contributed by atoms with E-state index >= 15 is 0 Å². The first kappa shape index (κ1) is 11.3. The molecular formula is C11H12ClN5O. The molecule has 0 amide bonds. The van der Waals surface area contributed by atoms with E-state index in [4.69, 9.17) is 22.1 Å². The molecule has 1 unspecified atom stereocenters. The standard InChI is InChI=1S/C11H12ClN5O/c12-9-8-10(16-11(13)15-9)17(6-14-8)5-7-3-1-2-4-18-7/h2,4,6-7H,1,3,5H2,(H2,13,15,16). The molecule has 0 fully saturated rings. The summed E-state index contributed by atoms with van der Waals surface area (Å²) in [4.78, 5) is 12.2. The minimum absolute atomic E-state index is 0.127. The Hall–Kier alpha value is -1.82.